The lowest BCUT2D eigenvalue weighted by molar-refractivity contribution is -0.145. The summed E-state index contributed by atoms with van der Waals surface area (Å²) in [7, 11) is 0. The van der Waals surface area contributed by atoms with E-state index in [4.69, 9.17) is 14.5 Å². The topological polar surface area (TPSA) is 189 Å². The van der Waals surface area contributed by atoms with Gasteiger partial charge >= 0.3 is 12.1 Å². The molecule has 2 aromatic heterocycles. The summed E-state index contributed by atoms with van der Waals surface area (Å²) < 4.78 is 12.4. The van der Waals surface area contributed by atoms with Crippen LogP contribution < -0.4 is 20.7 Å². The van der Waals surface area contributed by atoms with Gasteiger partial charge in [0.05, 0.1) is 17.8 Å². The van der Waals surface area contributed by atoms with E-state index in [1.807, 2.05) is 37.3 Å². The number of anilines is 1. The van der Waals surface area contributed by atoms with Crippen molar-refractivity contribution >= 4 is 57.2 Å². The average Bonchev–Trinajstić information content (AvgIpc) is 3.59. The number of rotatable bonds is 8. The average molecular weight is 773 g/mol. The molecule has 4 aliphatic rings. The van der Waals surface area contributed by atoms with Gasteiger partial charge in [-0.15, -0.1) is 11.3 Å². The first-order valence-corrected chi connectivity index (χ1v) is 20.2. The Morgan fingerprint density at radius 2 is 1.85 bits per heavy atom. The van der Waals surface area contributed by atoms with E-state index in [2.05, 4.69) is 20.9 Å². The molecule has 2 aliphatic carbocycles. The Morgan fingerprint density at radius 3 is 2.64 bits per heavy atom. The van der Waals surface area contributed by atoms with Crippen molar-refractivity contribution < 1.29 is 38.6 Å². The van der Waals surface area contributed by atoms with Crippen LogP contribution in [0.25, 0.3) is 22.3 Å². The van der Waals surface area contributed by atoms with Crippen LogP contribution >= 0.6 is 11.3 Å². The van der Waals surface area contributed by atoms with Crippen LogP contribution in [-0.2, 0) is 23.9 Å². The summed E-state index contributed by atoms with van der Waals surface area (Å²) in [5.74, 6) is -2.19. The number of carboxylic acid groups (broad SMARTS) is 1. The third kappa shape index (κ3) is 8.46. The molecule has 15 heteroatoms. The van der Waals surface area contributed by atoms with Crippen LogP contribution in [0.2, 0.25) is 0 Å². The van der Waals surface area contributed by atoms with Gasteiger partial charge in [-0.1, -0.05) is 44.1 Å². The molecule has 0 unspecified atom stereocenters. The Balaban J connectivity index is 1.19. The van der Waals surface area contributed by atoms with Crippen LogP contribution in [0.3, 0.4) is 0 Å². The predicted molar refractivity (Wildman–Crippen MR) is 206 cm³/mol. The van der Waals surface area contributed by atoms with E-state index in [1.54, 1.807) is 18.4 Å². The first-order chi connectivity index (χ1) is 26.5. The molecule has 4 N–H and O–H groups in total. The van der Waals surface area contributed by atoms with Gasteiger partial charge in [-0.3, -0.25) is 14.4 Å². The van der Waals surface area contributed by atoms with Gasteiger partial charge in [0.15, 0.2) is 5.13 Å². The van der Waals surface area contributed by atoms with E-state index in [1.165, 1.54) is 16.2 Å². The summed E-state index contributed by atoms with van der Waals surface area (Å²) in [6.07, 6.45) is 9.90. The fraction of sp³-hybridized carbons (Fsp3) is 0.525. The van der Waals surface area contributed by atoms with Crippen molar-refractivity contribution in [1.82, 2.24) is 25.5 Å². The number of alkyl carbamates (subject to hydrolysis) is 1. The Morgan fingerprint density at radius 1 is 1.05 bits per heavy atom. The van der Waals surface area contributed by atoms with Gasteiger partial charge in [-0.2, -0.15) is 0 Å². The van der Waals surface area contributed by atoms with E-state index in [0.29, 0.717) is 47.0 Å². The number of hydrogen-bond acceptors (Lipinski definition) is 10. The highest BCUT2D eigenvalue weighted by Crippen LogP contribution is 2.45. The number of carbonyl (C=O) groups is 5. The van der Waals surface area contributed by atoms with Crippen molar-refractivity contribution in [3.05, 3.63) is 47.4 Å². The zero-order chi connectivity index (χ0) is 38.7. The molecule has 3 fully saturated rings. The number of carboxylic acids is 1. The zero-order valence-corrected chi connectivity index (χ0v) is 32.0. The number of pyridine rings is 1. The van der Waals surface area contributed by atoms with Gasteiger partial charge < -0.3 is 35.4 Å². The number of benzene rings is 1. The highest BCUT2D eigenvalue weighted by Gasteiger charge is 2.61. The van der Waals surface area contributed by atoms with Gasteiger partial charge in [-0.25, -0.2) is 19.6 Å². The Kier molecular flexibility index (Phi) is 11.4. The molecule has 4 amide bonds. The molecule has 1 saturated heterocycles. The number of hydrogen-bond donors (Lipinski definition) is 4. The second-order valence-corrected chi connectivity index (χ2v) is 15.9. The van der Waals surface area contributed by atoms with Crippen LogP contribution in [0, 0.1) is 12.8 Å². The van der Waals surface area contributed by atoms with E-state index >= 15 is 0 Å². The number of fused-ring (bicyclic) bond motifs is 3. The van der Waals surface area contributed by atoms with Crippen LogP contribution in [-0.4, -0.2) is 86.1 Å². The molecule has 2 aliphatic heterocycles. The first kappa shape index (κ1) is 38.2. The fourth-order valence-electron chi connectivity index (χ4n) is 7.91. The maximum atomic E-state index is 14.5. The van der Waals surface area contributed by atoms with Gasteiger partial charge in [0, 0.05) is 35.6 Å². The minimum absolute atomic E-state index is 0.0189. The van der Waals surface area contributed by atoms with E-state index in [-0.39, 0.29) is 37.3 Å². The lowest BCUT2D eigenvalue weighted by Crippen LogP contribution is -2.56. The van der Waals surface area contributed by atoms with Gasteiger partial charge in [-0.05, 0) is 69.9 Å². The summed E-state index contributed by atoms with van der Waals surface area (Å²) in [5.41, 5.74) is 1.20. The summed E-state index contributed by atoms with van der Waals surface area (Å²) in [6, 6.07) is 5.49. The number of carbonyl (C=O) groups excluding carboxylic acids is 4. The highest BCUT2D eigenvalue weighted by atomic mass is 32.1. The minimum Gasteiger partial charge on any atom is -0.488 e. The Bertz CT molecular complexity index is 1990. The summed E-state index contributed by atoms with van der Waals surface area (Å²) in [5, 5.41) is 21.7. The molecule has 55 heavy (non-hydrogen) atoms. The number of amides is 4. The number of nitrogens with one attached hydrogen (secondary N) is 3. The number of aromatic nitrogens is 2. The molecule has 3 aromatic rings. The van der Waals surface area contributed by atoms with Crippen LogP contribution in [0.5, 0.6) is 5.75 Å². The molecule has 0 bridgehead atoms. The maximum Gasteiger partial charge on any atom is 0.408 e. The molecule has 1 aromatic carbocycles. The number of ether oxygens (including phenoxy) is 2. The van der Waals surface area contributed by atoms with Gasteiger partial charge in [0.1, 0.15) is 41.3 Å². The molecule has 2 saturated carbocycles. The fourth-order valence-corrected chi connectivity index (χ4v) is 8.63. The van der Waals surface area contributed by atoms with E-state index in [0.717, 1.165) is 55.9 Å². The highest BCUT2D eigenvalue weighted by molar-refractivity contribution is 7.14. The summed E-state index contributed by atoms with van der Waals surface area (Å²) in [6.45, 7) is 3.72. The van der Waals surface area contributed by atoms with Crippen molar-refractivity contribution in [3.63, 3.8) is 0 Å². The smallest absolute Gasteiger partial charge is 0.408 e. The Hall–Kier alpha value is -5.05. The lowest BCUT2D eigenvalue weighted by atomic mass is 10.0. The second kappa shape index (κ2) is 16.4. The van der Waals surface area contributed by atoms with E-state index < -0.39 is 47.6 Å². The number of aryl methyl sites for hydroxylation is 1. The molecular formula is C40H48N6O8S. The molecule has 7 rings (SSSR count). The largest absolute Gasteiger partial charge is 0.488 e. The molecule has 4 heterocycles. The minimum atomic E-state index is -1.46. The van der Waals surface area contributed by atoms with Gasteiger partial charge in [0.25, 0.3) is 0 Å². The zero-order valence-electron chi connectivity index (χ0n) is 31.2. The number of para-hydroxylation sites is 1. The molecule has 5 atom stereocenters. The standard InChI is InChI=1S/C40H48N6O8S/c1-3-33(47)44-38-42-30(22-55-38)29-19-32(27-16-11-12-23(2)34(27)41-29)53-26-18-31-35(48)45-40(37(50)51)20-24(40)13-7-5-4-6-8-17-28(36(49)46(31)21-26)43-39(52)54-25-14-9-10-15-25/h7,11-13,16,19,22,24-26,28,31H,3-6,8-10,14-15,17-18,20-21H2,1-2H3,(H,43,52)(H,45,48)(H,50,51)(H,42,44,47)/b13-7-/t24-,26+,28-,31-,40+/m0/s1. The normalized spacial score (nSPS) is 26.5. The summed E-state index contributed by atoms with van der Waals surface area (Å²) >= 11 is 1.29. The SMILES string of the molecule is CCC(=O)Nc1nc(-c2cc(O[C@@H]3C[C@H]4C(=O)N[C@]5(C(=O)O)C[C@@H]5/C=C\CCCCC[C@H](NC(=O)OC5CCCC5)C(=O)N4C3)c3cccc(C)c3n2)cs1. The number of nitrogens with zero attached hydrogens (tertiary/aromatic N) is 3. The quantitative estimate of drug-likeness (QED) is 0.201. The monoisotopic (exact) mass is 772 g/mol. The van der Waals surface area contributed by atoms with Crippen LogP contribution in [0.1, 0.15) is 89.5 Å². The summed E-state index contributed by atoms with van der Waals surface area (Å²) in [4.78, 5) is 77.3. The molecule has 292 valence electrons. The lowest BCUT2D eigenvalue weighted by Gasteiger charge is -2.29. The van der Waals surface area contributed by atoms with E-state index in [9.17, 15) is 29.1 Å². The van der Waals surface area contributed by atoms with Crippen molar-refractivity contribution in [2.24, 2.45) is 5.92 Å². The maximum absolute atomic E-state index is 14.5. The third-order valence-corrected chi connectivity index (χ3v) is 11.9. The van der Waals surface area contributed by atoms with Crippen LogP contribution in [0.4, 0.5) is 9.93 Å². The molecule has 14 nitrogen and oxygen atoms in total. The molecule has 0 spiro atoms. The van der Waals surface area contributed by atoms with Crippen molar-refractivity contribution in [2.75, 3.05) is 11.9 Å². The number of allylic oxidation sites excluding steroid dienone is 1. The second-order valence-electron chi connectivity index (χ2n) is 15.0. The van der Waals surface area contributed by atoms with Crippen molar-refractivity contribution in [2.45, 2.75) is 121 Å². The van der Waals surface area contributed by atoms with Crippen molar-refractivity contribution in [1.29, 1.82) is 0 Å². The van der Waals surface area contributed by atoms with Crippen molar-refractivity contribution in [3.8, 4) is 17.1 Å². The van der Waals surface area contributed by atoms with Gasteiger partial charge in [0.2, 0.25) is 17.7 Å². The number of aliphatic carboxylic acids is 1. The molecule has 0 radical (unpaired) electrons. The first-order valence-electron chi connectivity index (χ1n) is 19.4. The predicted octanol–water partition coefficient (Wildman–Crippen LogP) is 5.88. The molecular weight excluding hydrogens is 725 g/mol. The number of thiazole rings is 1. The Labute approximate surface area is 323 Å². The van der Waals surface area contributed by atoms with Crippen LogP contribution in [0.15, 0.2) is 41.8 Å². The third-order valence-electron chi connectivity index (χ3n) is 11.1.